The molecule has 1 aliphatic rings. The van der Waals surface area contributed by atoms with Gasteiger partial charge in [-0.05, 0) is 25.0 Å². The molecule has 3 rings (SSSR count). The third kappa shape index (κ3) is 2.90. The van der Waals surface area contributed by atoms with Crippen LogP contribution in [0, 0.1) is 6.92 Å². The van der Waals surface area contributed by atoms with Crippen molar-refractivity contribution >= 4 is 23.0 Å². The van der Waals surface area contributed by atoms with Gasteiger partial charge < -0.3 is 9.64 Å². The lowest BCUT2D eigenvalue weighted by atomic mass is 10.1. The highest BCUT2D eigenvalue weighted by atomic mass is 32.1. The molecule has 0 saturated heterocycles. The molecule has 21 heavy (non-hydrogen) atoms. The lowest BCUT2D eigenvalue weighted by molar-refractivity contribution is -0.141. The van der Waals surface area contributed by atoms with E-state index < -0.39 is 0 Å². The Labute approximate surface area is 127 Å². The predicted molar refractivity (Wildman–Crippen MR) is 81.4 cm³/mol. The number of rotatable bonds is 4. The molecular formula is C15H17N3O2S. The normalized spacial score (nSPS) is 16.9. The van der Waals surface area contributed by atoms with Crippen molar-refractivity contribution in [3.63, 3.8) is 0 Å². The Kier molecular flexibility index (Phi) is 3.88. The second-order valence-corrected chi connectivity index (χ2v) is 6.38. The highest BCUT2D eigenvalue weighted by molar-refractivity contribution is 7.11. The minimum atomic E-state index is -0.175. The van der Waals surface area contributed by atoms with Crippen molar-refractivity contribution < 1.29 is 9.53 Å². The van der Waals surface area contributed by atoms with Gasteiger partial charge in [0, 0.05) is 11.7 Å². The van der Waals surface area contributed by atoms with Crippen LogP contribution in [-0.2, 0) is 22.5 Å². The number of fused-ring (bicyclic) bond motifs is 1. The first kappa shape index (κ1) is 14.0. The first-order chi connectivity index (χ1) is 10.2. The van der Waals surface area contributed by atoms with Crippen LogP contribution in [0.5, 0.6) is 0 Å². The molecule has 1 aromatic heterocycles. The zero-order chi connectivity index (χ0) is 14.8. The highest BCUT2D eigenvalue weighted by Crippen LogP contribution is 2.35. The van der Waals surface area contributed by atoms with E-state index in [1.54, 1.807) is 11.3 Å². The molecular weight excluding hydrogens is 286 g/mol. The van der Waals surface area contributed by atoms with Gasteiger partial charge in [-0.25, -0.2) is 0 Å². The van der Waals surface area contributed by atoms with E-state index in [0.717, 1.165) is 16.4 Å². The van der Waals surface area contributed by atoms with Gasteiger partial charge in [0.15, 0.2) is 0 Å². The van der Waals surface area contributed by atoms with Crippen molar-refractivity contribution in [2.75, 3.05) is 12.0 Å². The van der Waals surface area contributed by atoms with Crippen molar-refractivity contribution in [3.8, 4) is 0 Å². The second-order valence-electron chi connectivity index (χ2n) is 5.11. The Hall–Kier alpha value is -1.95. The summed E-state index contributed by atoms with van der Waals surface area (Å²) < 4.78 is 4.82. The molecule has 5 nitrogen and oxygen atoms in total. The van der Waals surface area contributed by atoms with Crippen molar-refractivity contribution in [2.45, 2.75) is 32.4 Å². The van der Waals surface area contributed by atoms with Crippen molar-refractivity contribution in [1.29, 1.82) is 0 Å². The number of hydrogen-bond acceptors (Lipinski definition) is 6. The first-order valence-electron chi connectivity index (χ1n) is 6.87. The fraction of sp³-hybridized carbons (Fsp3) is 0.400. The number of anilines is 1. The molecule has 0 bridgehead atoms. The summed E-state index contributed by atoms with van der Waals surface area (Å²) in [6, 6.07) is 8.40. The summed E-state index contributed by atoms with van der Waals surface area (Å²) in [4.78, 5) is 13.9. The highest BCUT2D eigenvalue weighted by Gasteiger charge is 2.31. The van der Waals surface area contributed by atoms with E-state index in [1.165, 1.54) is 18.4 Å². The van der Waals surface area contributed by atoms with Crippen LogP contribution in [-0.4, -0.2) is 29.3 Å². The molecule has 0 saturated carbocycles. The van der Waals surface area contributed by atoms with Crippen LogP contribution in [0.3, 0.4) is 0 Å². The number of nitrogens with zero attached hydrogens (tertiary/aromatic N) is 3. The molecule has 2 aromatic rings. The number of hydrogen-bond donors (Lipinski definition) is 0. The number of aromatic nitrogens is 2. The summed E-state index contributed by atoms with van der Waals surface area (Å²) in [6.45, 7) is 2.63. The van der Waals surface area contributed by atoms with Gasteiger partial charge >= 0.3 is 5.97 Å². The average Bonchev–Trinajstić information content (AvgIpc) is 3.04. The summed E-state index contributed by atoms with van der Waals surface area (Å²) >= 11 is 1.60. The van der Waals surface area contributed by atoms with Crippen LogP contribution in [0.15, 0.2) is 24.3 Å². The van der Waals surface area contributed by atoms with Gasteiger partial charge in [-0.1, -0.05) is 29.5 Å². The van der Waals surface area contributed by atoms with Crippen LogP contribution in [0.25, 0.3) is 0 Å². The monoisotopic (exact) mass is 303 g/mol. The Balaban J connectivity index is 1.85. The van der Waals surface area contributed by atoms with Gasteiger partial charge in [-0.15, -0.1) is 10.2 Å². The van der Waals surface area contributed by atoms with Crippen LogP contribution >= 0.6 is 11.3 Å². The zero-order valence-corrected chi connectivity index (χ0v) is 12.9. The molecule has 1 aliphatic heterocycles. The maximum atomic E-state index is 11.6. The van der Waals surface area contributed by atoms with Crippen molar-refractivity contribution in [3.05, 3.63) is 39.8 Å². The Morgan fingerprint density at radius 2 is 2.24 bits per heavy atom. The topological polar surface area (TPSA) is 55.3 Å². The molecule has 6 heteroatoms. The van der Waals surface area contributed by atoms with E-state index in [4.69, 9.17) is 4.74 Å². The van der Waals surface area contributed by atoms with Gasteiger partial charge in [-0.2, -0.15) is 0 Å². The molecule has 2 heterocycles. The molecule has 110 valence electrons. The van der Waals surface area contributed by atoms with Crippen LogP contribution in [0.1, 0.15) is 22.0 Å². The summed E-state index contributed by atoms with van der Waals surface area (Å²) in [5.41, 5.74) is 2.45. The number of aryl methyl sites for hydroxylation is 1. The minimum Gasteiger partial charge on any atom is -0.469 e. The van der Waals surface area contributed by atoms with E-state index in [1.807, 2.05) is 19.1 Å². The summed E-state index contributed by atoms with van der Waals surface area (Å²) in [7, 11) is 1.43. The predicted octanol–water partition coefficient (Wildman–Crippen LogP) is 2.34. The molecule has 0 N–H and O–H groups in total. The molecule has 1 atom stereocenters. The third-order valence-corrected chi connectivity index (χ3v) is 4.52. The Bertz CT molecular complexity index is 656. The fourth-order valence-corrected chi connectivity index (χ4v) is 3.45. The largest absolute Gasteiger partial charge is 0.469 e. The number of methoxy groups -OCH3 is 1. The summed E-state index contributed by atoms with van der Waals surface area (Å²) in [6.07, 6.45) is 1.26. The zero-order valence-electron chi connectivity index (χ0n) is 12.1. The number of carbonyl (C=O) groups is 1. The molecule has 1 aromatic carbocycles. The van der Waals surface area contributed by atoms with E-state index in [2.05, 4.69) is 27.2 Å². The molecule has 0 radical (unpaired) electrons. The number of esters is 1. The first-order valence-corrected chi connectivity index (χ1v) is 7.69. The smallest absolute Gasteiger partial charge is 0.307 e. The van der Waals surface area contributed by atoms with Gasteiger partial charge in [0.2, 0.25) is 0 Å². The maximum Gasteiger partial charge on any atom is 0.307 e. The second kappa shape index (κ2) is 5.81. The van der Waals surface area contributed by atoms with Crippen LogP contribution in [0.4, 0.5) is 5.69 Å². The standard InChI is InChI=1S/C15H17N3O2S/c1-10-16-17-14(21-10)9-18-12(8-15(19)20-2)7-11-5-3-4-6-13(11)18/h3-6,12H,7-9H2,1-2H3/t12-/m0/s1. The Morgan fingerprint density at radius 3 is 2.95 bits per heavy atom. The third-order valence-electron chi connectivity index (χ3n) is 3.70. The lowest BCUT2D eigenvalue weighted by Gasteiger charge is -2.25. The van der Waals surface area contributed by atoms with Gasteiger partial charge in [-0.3, -0.25) is 4.79 Å². The van der Waals surface area contributed by atoms with Crippen LogP contribution < -0.4 is 4.90 Å². The molecule has 0 spiro atoms. The number of para-hydroxylation sites is 1. The Morgan fingerprint density at radius 1 is 1.43 bits per heavy atom. The molecule has 0 aliphatic carbocycles. The molecule has 0 fully saturated rings. The number of carbonyl (C=O) groups excluding carboxylic acids is 1. The van der Waals surface area contributed by atoms with Crippen molar-refractivity contribution in [2.24, 2.45) is 0 Å². The fourth-order valence-electron chi connectivity index (χ4n) is 2.74. The average molecular weight is 303 g/mol. The van der Waals surface area contributed by atoms with Crippen LogP contribution in [0.2, 0.25) is 0 Å². The number of benzene rings is 1. The maximum absolute atomic E-state index is 11.6. The van der Waals surface area contributed by atoms with E-state index >= 15 is 0 Å². The SMILES string of the molecule is COC(=O)C[C@@H]1Cc2ccccc2N1Cc1nnc(C)s1. The lowest BCUT2D eigenvalue weighted by Crippen LogP contribution is -2.33. The molecule has 0 amide bonds. The van der Waals surface area contributed by atoms with E-state index in [-0.39, 0.29) is 12.0 Å². The van der Waals surface area contributed by atoms with Crippen molar-refractivity contribution in [1.82, 2.24) is 10.2 Å². The van der Waals surface area contributed by atoms with E-state index in [9.17, 15) is 4.79 Å². The molecule has 0 unspecified atom stereocenters. The van der Waals surface area contributed by atoms with E-state index in [0.29, 0.717) is 13.0 Å². The van der Waals surface area contributed by atoms with Gasteiger partial charge in [0.25, 0.3) is 0 Å². The minimum absolute atomic E-state index is 0.124. The summed E-state index contributed by atoms with van der Waals surface area (Å²) in [5, 5.41) is 10.2. The quantitative estimate of drug-likeness (QED) is 0.812. The number of ether oxygens (including phenoxy) is 1. The summed E-state index contributed by atoms with van der Waals surface area (Å²) in [5.74, 6) is -0.175. The van der Waals surface area contributed by atoms with Gasteiger partial charge in [0.1, 0.15) is 10.0 Å². The van der Waals surface area contributed by atoms with Gasteiger partial charge in [0.05, 0.1) is 20.1 Å².